The van der Waals surface area contributed by atoms with Crippen LogP contribution in [0.25, 0.3) is 0 Å². The molecule has 35 heavy (non-hydrogen) atoms. The zero-order chi connectivity index (χ0) is 25.0. The lowest BCUT2D eigenvalue weighted by Gasteiger charge is -2.18. The molecule has 0 aromatic heterocycles. The number of aldehydes is 1. The number of hydrogen-bond acceptors (Lipinski definition) is 7. The molecule has 1 atom stereocenters. The highest BCUT2D eigenvalue weighted by molar-refractivity contribution is 6.00. The maximum atomic E-state index is 12.8. The van der Waals surface area contributed by atoms with E-state index >= 15 is 0 Å². The number of carbonyl (C=O) groups excluding carboxylic acids is 4. The summed E-state index contributed by atoms with van der Waals surface area (Å²) in [5, 5.41) is 12.5. The second-order valence-electron chi connectivity index (χ2n) is 7.70. The number of amides is 1. The minimum Gasteiger partial charge on any atom is -0.507 e. The number of phenols is 1. The molecule has 0 bridgehead atoms. The SMILES string of the molecule is O=Cc1ccc(O)c(C(=O)N[C@@H](CCC(=O)OCc2ccccc2)C(=O)OCc2ccccc2)c1. The number of aromatic hydroxyl groups is 1. The molecule has 0 saturated carbocycles. The molecule has 3 rings (SSSR count). The molecule has 0 radical (unpaired) electrons. The van der Waals surface area contributed by atoms with E-state index in [-0.39, 0.29) is 42.9 Å². The number of phenolic OH excluding ortho intramolecular Hbond substituents is 1. The highest BCUT2D eigenvalue weighted by Crippen LogP contribution is 2.18. The van der Waals surface area contributed by atoms with Crippen molar-refractivity contribution in [2.75, 3.05) is 0 Å². The van der Waals surface area contributed by atoms with Gasteiger partial charge in [-0.05, 0) is 35.7 Å². The van der Waals surface area contributed by atoms with Gasteiger partial charge in [-0.15, -0.1) is 0 Å². The fourth-order valence-corrected chi connectivity index (χ4v) is 3.20. The third-order valence-electron chi connectivity index (χ3n) is 5.09. The molecule has 0 fully saturated rings. The summed E-state index contributed by atoms with van der Waals surface area (Å²) in [4.78, 5) is 48.8. The third kappa shape index (κ3) is 7.82. The first kappa shape index (κ1) is 25.2. The van der Waals surface area contributed by atoms with Crippen LogP contribution in [0.1, 0.15) is 44.7 Å². The van der Waals surface area contributed by atoms with Crippen LogP contribution < -0.4 is 5.32 Å². The highest BCUT2D eigenvalue weighted by atomic mass is 16.5. The van der Waals surface area contributed by atoms with Gasteiger partial charge in [-0.1, -0.05) is 60.7 Å². The number of rotatable bonds is 11. The van der Waals surface area contributed by atoms with E-state index in [1.54, 1.807) is 24.3 Å². The van der Waals surface area contributed by atoms with Crippen LogP contribution >= 0.6 is 0 Å². The first-order valence-corrected chi connectivity index (χ1v) is 11.0. The van der Waals surface area contributed by atoms with E-state index in [0.717, 1.165) is 11.1 Å². The van der Waals surface area contributed by atoms with Crippen LogP contribution in [0.2, 0.25) is 0 Å². The Balaban J connectivity index is 1.65. The van der Waals surface area contributed by atoms with Crippen molar-refractivity contribution >= 4 is 24.1 Å². The van der Waals surface area contributed by atoms with Crippen LogP contribution in [-0.4, -0.2) is 35.3 Å². The molecule has 0 aliphatic carbocycles. The van der Waals surface area contributed by atoms with Gasteiger partial charge in [0.05, 0.1) is 5.56 Å². The van der Waals surface area contributed by atoms with Crippen LogP contribution in [0, 0.1) is 0 Å². The van der Waals surface area contributed by atoms with E-state index in [0.29, 0.717) is 6.29 Å². The number of hydrogen-bond donors (Lipinski definition) is 2. The van der Waals surface area contributed by atoms with Crippen molar-refractivity contribution < 1.29 is 33.8 Å². The van der Waals surface area contributed by atoms with Crippen LogP contribution in [0.3, 0.4) is 0 Å². The molecule has 0 heterocycles. The molecule has 0 unspecified atom stereocenters. The predicted molar refractivity (Wildman–Crippen MR) is 126 cm³/mol. The molecule has 0 saturated heterocycles. The largest absolute Gasteiger partial charge is 0.507 e. The third-order valence-corrected chi connectivity index (χ3v) is 5.09. The van der Waals surface area contributed by atoms with Gasteiger partial charge in [0, 0.05) is 12.0 Å². The molecule has 3 aromatic carbocycles. The van der Waals surface area contributed by atoms with Crippen molar-refractivity contribution in [2.24, 2.45) is 0 Å². The Bertz CT molecular complexity index is 1160. The summed E-state index contributed by atoms with van der Waals surface area (Å²) in [5.41, 5.74) is 1.57. The van der Waals surface area contributed by atoms with Gasteiger partial charge in [0.25, 0.3) is 5.91 Å². The average molecular weight is 475 g/mol. The van der Waals surface area contributed by atoms with Gasteiger partial charge in [-0.3, -0.25) is 14.4 Å². The van der Waals surface area contributed by atoms with E-state index in [1.807, 2.05) is 36.4 Å². The zero-order valence-electron chi connectivity index (χ0n) is 18.9. The second-order valence-corrected chi connectivity index (χ2v) is 7.70. The first-order valence-electron chi connectivity index (χ1n) is 11.0. The Labute approximate surface area is 202 Å². The van der Waals surface area contributed by atoms with E-state index in [4.69, 9.17) is 9.47 Å². The molecular weight excluding hydrogens is 450 g/mol. The first-order chi connectivity index (χ1) is 17.0. The molecule has 0 aliphatic heterocycles. The number of ether oxygens (including phenoxy) is 2. The average Bonchev–Trinajstić information content (AvgIpc) is 2.89. The van der Waals surface area contributed by atoms with E-state index in [2.05, 4.69) is 5.32 Å². The summed E-state index contributed by atoms with van der Waals surface area (Å²) in [7, 11) is 0. The van der Waals surface area contributed by atoms with Crippen LogP contribution in [0.5, 0.6) is 5.75 Å². The fraction of sp³-hybridized carbons (Fsp3) is 0.185. The fourth-order valence-electron chi connectivity index (χ4n) is 3.20. The standard InChI is InChI=1S/C27H25NO7/c29-16-21-11-13-24(30)22(15-21)26(32)28-23(27(33)35-18-20-9-5-2-6-10-20)12-14-25(31)34-17-19-7-3-1-4-8-19/h1-11,13,15-16,23,30H,12,14,17-18H2,(H,28,32)/t23-/m0/s1. The molecule has 0 spiro atoms. The Hall–Kier alpha value is -4.46. The number of esters is 2. The summed E-state index contributed by atoms with van der Waals surface area (Å²) in [6, 6.07) is 20.7. The van der Waals surface area contributed by atoms with E-state index in [1.165, 1.54) is 18.2 Å². The molecule has 1 amide bonds. The summed E-state index contributed by atoms with van der Waals surface area (Å²) < 4.78 is 10.6. The highest BCUT2D eigenvalue weighted by Gasteiger charge is 2.25. The molecule has 8 heteroatoms. The van der Waals surface area contributed by atoms with E-state index < -0.39 is 23.9 Å². The smallest absolute Gasteiger partial charge is 0.328 e. The topological polar surface area (TPSA) is 119 Å². The molecular formula is C27H25NO7. The van der Waals surface area contributed by atoms with Crippen molar-refractivity contribution in [3.05, 3.63) is 101 Å². The molecule has 8 nitrogen and oxygen atoms in total. The minimum absolute atomic E-state index is 0.0175. The number of benzene rings is 3. The lowest BCUT2D eigenvalue weighted by atomic mass is 10.1. The summed E-state index contributed by atoms with van der Waals surface area (Å²) in [6.45, 7) is 0.0673. The molecule has 180 valence electrons. The quantitative estimate of drug-likeness (QED) is 0.321. The minimum atomic E-state index is -1.19. The zero-order valence-corrected chi connectivity index (χ0v) is 18.9. The van der Waals surface area contributed by atoms with Crippen molar-refractivity contribution in [1.82, 2.24) is 5.32 Å². The summed E-state index contributed by atoms with van der Waals surface area (Å²) >= 11 is 0. The second kappa shape index (κ2) is 12.7. The lowest BCUT2D eigenvalue weighted by molar-refractivity contribution is -0.148. The van der Waals surface area contributed by atoms with Crippen LogP contribution in [0.4, 0.5) is 0 Å². The number of carbonyl (C=O) groups is 4. The van der Waals surface area contributed by atoms with Gasteiger partial charge >= 0.3 is 11.9 Å². The maximum absolute atomic E-state index is 12.8. The Morgan fingerprint density at radius 1 is 0.857 bits per heavy atom. The van der Waals surface area contributed by atoms with Gasteiger partial charge in [0.1, 0.15) is 31.3 Å². The maximum Gasteiger partial charge on any atom is 0.328 e. The van der Waals surface area contributed by atoms with E-state index in [9.17, 15) is 24.3 Å². The van der Waals surface area contributed by atoms with Crippen molar-refractivity contribution in [2.45, 2.75) is 32.1 Å². The van der Waals surface area contributed by atoms with Crippen molar-refractivity contribution in [3.63, 3.8) is 0 Å². The predicted octanol–water partition coefficient (Wildman–Crippen LogP) is 3.57. The molecule has 0 aliphatic rings. The van der Waals surface area contributed by atoms with Crippen molar-refractivity contribution in [3.8, 4) is 5.75 Å². The van der Waals surface area contributed by atoms with Crippen LogP contribution in [0.15, 0.2) is 78.9 Å². The van der Waals surface area contributed by atoms with Gasteiger partial charge in [0.2, 0.25) is 0 Å². The van der Waals surface area contributed by atoms with Gasteiger partial charge in [0.15, 0.2) is 0 Å². The summed E-state index contributed by atoms with van der Waals surface area (Å²) in [6.07, 6.45) is 0.296. The van der Waals surface area contributed by atoms with Crippen LogP contribution in [-0.2, 0) is 32.3 Å². The Morgan fingerprint density at radius 3 is 2.06 bits per heavy atom. The molecule has 2 N–H and O–H groups in total. The van der Waals surface area contributed by atoms with Crippen molar-refractivity contribution in [1.29, 1.82) is 0 Å². The number of nitrogens with one attached hydrogen (secondary N) is 1. The Morgan fingerprint density at radius 2 is 1.46 bits per heavy atom. The Kier molecular flexibility index (Phi) is 9.13. The van der Waals surface area contributed by atoms with Gasteiger partial charge in [-0.2, -0.15) is 0 Å². The van der Waals surface area contributed by atoms with Gasteiger partial charge in [-0.25, -0.2) is 4.79 Å². The monoisotopic (exact) mass is 475 g/mol. The van der Waals surface area contributed by atoms with Gasteiger partial charge < -0.3 is 19.9 Å². The summed E-state index contributed by atoms with van der Waals surface area (Å²) in [5.74, 6) is -2.43. The lowest BCUT2D eigenvalue weighted by Crippen LogP contribution is -2.42. The normalized spacial score (nSPS) is 11.2. The molecule has 3 aromatic rings.